The van der Waals surface area contributed by atoms with E-state index >= 15 is 0 Å². The lowest BCUT2D eigenvalue weighted by Crippen LogP contribution is -3.14. The largest absolute Gasteiger partial charge is 0.370 e. The first-order chi connectivity index (χ1) is 12.6. The van der Waals surface area contributed by atoms with Crippen LogP contribution in [0.1, 0.15) is 17.3 Å². The number of thiocarbonyl (C=S) groups is 1. The summed E-state index contributed by atoms with van der Waals surface area (Å²) >= 11 is 5.57. The molecule has 2 saturated heterocycles. The summed E-state index contributed by atoms with van der Waals surface area (Å²) in [5.74, 6) is 0.108. The first kappa shape index (κ1) is 19.1. The van der Waals surface area contributed by atoms with Crippen LogP contribution in [-0.4, -0.2) is 81.4 Å². The van der Waals surface area contributed by atoms with Gasteiger partial charge in [-0.05, 0) is 43.4 Å². The van der Waals surface area contributed by atoms with Gasteiger partial charge >= 0.3 is 0 Å². The summed E-state index contributed by atoms with van der Waals surface area (Å²) in [4.78, 5) is 17.6. The molecule has 3 rings (SSSR count). The van der Waals surface area contributed by atoms with Crippen molar-refractivity contribution in [3.05, 3.63) is 29.8 Å². The fraction of sp³-hybridized carbons (Fsp3) is 0.579. The SMILES string of the molecule is CC(=O)c1ccc(N2CCN(C(=S)NCC[NH+]3CCOCC3)CC2)cc1. The first-order valence-electron chi connectivity index (χ1n) is 9.43. The lowest BCUT2D eigenvalue weighted by Gasteiger charge is -2.37. The summed E-state index contributed by atoms with van der Waals surface area (Å²) in [5.41, 5.74) is 1.93. The van der Waals surface area contributed by atoms with Crippen molar-refractivity contribution in [3.63, 3.8) is 0 Å². The molecule has 0 atom stereocenters. The van der Waals surface area contributed by atoms with Crippen molar-refractivity contribution in [3.8, 4) is 0 Å². The number of rotatable bonds is 5. The Bertz CT molecular complexity index is 608. The number of carbonyl (C=O) groups is 1. The van der Waals surface area contributed by atoms with Crippen molar-refractivity contribution in [1.82, 2.24) is 10.2 Å². The van der Waals surface area contributed by atoms with Crippen LogP contribution >= 0.6 is 12.2 Å². The highest BCUT2D eigenvalue weighted by Gasteiger charge is 2.20. The number of hydrogen-bond acceptors (Lipinski definition) is 4. The Labute approximate surface area is 161 Å². The van der Waals surface area contributed by atoms with Crippen molar-refractivity contribution in [2.75, 3.05) is 70.5 Å². The van der Waals surface area contributed by atoms with Gasteiger partial charge in [0.15, 0.2) is 10.9 Å². The lowest BCUT2D eigenvalue weighted by atomic mass is 10.1. The minimum absolute atomic E-state index is 0.108. The van der Waals surface area contributed by atoms with E-state index in [0.717, 1.165) is 76.2 Å². The zero-order valence-electron chi connectivity index (χ0n) is 15.5. The predicted octanol–water partition coefficient (Wildman–Crippen LogP) is -0.199. The van der Waals surface area contributed by atoms with E-state index in [0.29, 0.717) is 0 Å². The molecule has 2 N–H and O–H groups in total. The minimum Gasteiger partial charge on any atom is -0.370 e. The summed E-state index contributed by atoms with van der Waals surface area (Å²) in [6, 6.07) is 7.89. The number of benzene rings is 1. The average Bonchev–Trinajstić information content (AvgIpc) is 2.69. The van der Waals surface area contributed by atoms with Gasteiger partial charge in [-0.2, -0.15) is 0 Å². The molecule has 2 fully saturated rings. The third kappa shape index (κ3) is 5.16. The molecule has 2 aliphatic heterocycles. The van der Waals surface area contributed by atoms with Gasteiger partial charge < -0.3 is 24.8 Å². The summed E-state index contributed by atoms with van der Waals surface area (Å²) in [5, 5.41) is 4.28. The van der Waals surface area contributed by atoms with Gasteiger partial charge in [-0.15, -0.1) is 0 Å². The summed E-state index contributed by atoms with van der Waals surface area (Å²) in [7, 11) is 0. The van der Waals surface area contributed by atoms with Crippen LogP contribution in [0.5, 0.6) is 0 Å². The molecule has 1 aromatic rings. The van der Waals surface area contributed by atoms with Gasteiger partial charge in [0.2, 0.25) is 0 Å². The lowest BCUT2D eigenvalue weighted by molar-refractivity contribution is -0.906. The van der Waals surface area contributed by atoms with Gasteiger partial charge in [0.05, 0.1) is 26.3 Å². The third-order valence-corrected chi connectivity index (χ3v) is 5.56. The Morgan fingerprint density at radius 1 is 1.15 bits per heavy atom. The maximum Gasteiger partial charge on any atom is 0.169 e. The Hall–Kier alpha value is -1.70. The molecule has 26 heavy (non-hydrogen) atoms. The second-order valence-corrected chi connectivity index (χ2v) is 7.31. The predicted molar refractivity (Wildman–Crippen MR) is 107 cm³/mol. The Balaban J connectivity index is 1.39. The molecule has 0 radical (unpaired) electrons. The fourth-order valence-corrected chi connectivity index (χ4v) is 3.73. The third-order valence-electron chi connectivity index (χ3n) is 5.16. The number of Topliss-reactive ketones (excluding diaryl/α,β-unsaturated/α-hetero) is 1. The van der Waals surface area contributed by atoms with Crippen LogP contribution in [0.3, 0.4) is 0 Å². The number of morpholine rings is 1. The van der Waals surface area contributed by atoms with Crippen molar-refractivity contribution in [2.45, 2.75) is 6.92 Å². The second-order valence-electron chi connectivity index (χ2n) is 6.92. The van der Waals surface area contributed by atoms with Crippen LogP contribution in [0.25, 0.3) is 0 Å². The number of quaternary nitrogens is 1. The molecule has 2 aliphatic rings. The zero-order valence-corrected chi connectivity index (χ0v) is 16.3. The average molecular weight is 378 g/mol. The topological polar surface area (TPSA) is 49.2 Å². The summed E-state index contributed by atoms with van der Waals surface area (Å²) in [6.45, 7) is 11.3. The van der Waals surface area contributed by atoms with Crippen LogP contribution < -0.4 is 15.1 Å². The number of ketones is 1. The maximum atomic E-state index is 11.4. The van der Waals surface area contributed by atoms with Gasteiger partial charge in [-0.1, -0.05) is 0 Å². The van der Waals surface area contributed by atoms with Crippen molar-refractivity contribution in [1.29, 1.82) is 0 Å². The van der Waals surface area contributed by atoms with Crippen LogP contribution in [0, 0.1) is 0 Å². The molecule has 142 valence electrons. The number of anilines is 1. The summed E-state index contributed by atoms with van der Waals surface area (Å²) in [6.07, 6.45) is 0. The van der Waals surface area contributed by atoms with Gasteiger partial charge in [0, 0.05) is 37.4 Å². The molecule has 1 aromatic carbocycles. The number of carbonyl (C=O) groups excluding carboxylic acids is 1. The molecule has 0 bridgehead atoms. The van der Waals surface area contributed by atoms with Gasteiger partial charge in [0.1, 0.15) is 13.1 Å². The highest BCUT2D eigenvalue weighted by atomic mass is 32.1. The van der Waals surface area contributed by atoms with E-state index in [-0.39, 0.29) is 5.78 Å². The molecule has 0 spiro atoms. The summed E-state index contributed by atoms with van der Waals surface area (Å²) < 4.78 is 5.39. The Kier molecular flexibility index (Phi) is 6.82. The van der Waals surface area contributed by atoms with Crippen molar-refractivity contribution < 1.29 is 14.4 Å². The number of ether oxygens (including phenoxy) is 1. The van der Waals surface area contributed by atoms with E-state index in [1.54, 1.807) is 11.8 Å². The van der Waals surface area contributed by atoms with Crippen LogP contribution in [0.4, 0.5) is 5.69 Å². The Morgan fingerprint density at radius 2 is 1.81 bits per heavy atom. The van der Waals surface area contributed by atoms with Crippen LogP contribution in [0.15, 0.2) is 24.3 Å². The van der Waals surface area contributed by atoms with Crippen LogP contribution in [0.2, 0.25) is 0 Å². The Morgan fingerprint density at radius 3 is 2.42 bits per heavy atom. The molecule has 0 unspecified atom stereocenters. The minimum atomic E-state index is 0.108. The highest BCUT2D eigenvalue weighted by molar-refractivity contribution is 7.80. The zero-order chi connectivity index (χ0) is 18.4. The number of nitrogens with one attached hydrogen (secondary N) is 2. The van der Waals surface area contributed by atoms with E-state index in [2.05, 4.69) is 15.1 Å². The molecule has 6 nitrogen and oxygen atoms in total. The van der Waals surface area contributed by atoms with Crippen molar-refractivity contribution >= 4 is 28.8 Å². The van der Waals surface area contributed by atoms with E-state index < -0.39 is 0 Å². The molecule has 0 aliphatic carbocycles. The first-order valence-corrected chi connectivity index (χ1v) is 9.84. The number of piperazine rings is 1. The molecule has 7 heteroatoms. The number of nitrogens with zero attached hydrogens (tertiary/aromatic N) is 2. The molecular weight excluding hydrogens is 348 g/mol. The van der Waals surface area contributed by atoms with Crippen molar-refractivity contribution in [2.24, 2.45) is 0 Å². The second kappa shape index (κ2) is 9.30. The monoisotopic (exact) mass is 377 g/mol. The molecule has 0 saturated carbocycles. The van der Waals surface area contributed by atoms with E-state index in [1.165, 1.54) is 5.69 Å². The van der Waals surface area contributed by atoms with E-state index in [1.807, 2.05) is 24.3 Å². The van der Waals surface area contributed by atoms with E-state index in [9.17, 15) is 4.79 Å². The molecular formula is C19H29N4O2S+. The van der Waals surface area contributed by atoms with Gasteiger partial charge in [0.25, 0.3) is 0 Å². The van der Waals surface area contributed by atoms with Crippen LogP contribution in [-0.2, 0) is 4.74 Å². The standard InChI is InChI=1S/C19H28N4O2S/c1-16(24)17-2-4-18(5-3-17)22-8-10-23(11-9-22)19(26)20-6-7-21-12-14-25-15-13-21/h2-5H,6-15H2,1H3,(H,20,26)/p+1. The quantitative estimate of drug-likeness (QED) is 0.548. The smallest absolute Gasteiger partial charge is 0.169 e. The fourth-order valence-electron chi connectivity index (χ4n) is 3.44. The maximum absolute atomic E-state index is 11.4. The van der Waals surface area contributed by atoms with E-state index in [4.69, 9.17) is 17.0 Å². The highest BCUT2D eigenvalue weighted by Crippen LogP contribution is 2.17. The molecule has 2 heterocycles. The number of hydrogen-bond donors (Lipinski definition) is 2. The van der Waals surface area contributed by atoms with Gasteiger partial charge in [-0.3, -0.25) is 4.79 Å². The normalized spacial score (nSPS) is 18.7. The molecule has 0 amide bonds. The van der Waals surface area contributed by atoms with Gasteiger partial charge in [-0.25, -0.2) is 0 Å². The molecule has 0 aromatic heterocycles.